The number of nitrogens with one attached hydrogen (secondary N) is 2. The molecule has 2 rings (SSSR count). The van der Waals surface area contributed by atoms with E-state index >= 15 is 0 Å². The van der Waals surface area contributed by atoms with E-state index in [1.165, 1.54) is 0 Å². The van der Waals surface area contributed by atoms with Crippen LogP contribution in [0.15, 0.2) is 24.3 Å². The average molecular weight is 228 g/mol. The molecule has 1 amide bonds. The molecule has 1 heterocycles. The van der Waals surface area contributed by atoms with Gasteiger partial charge in [0.05, 0.1) is 17.1 Å². The molecule has 5 heteroatoms. The topological polar surface area (TPSA) is 81.6 Å². The largest absolute Gasteiger partial charge is 0.324 e. The number of H-pyrrole nitrogens is 1. The quantitative estimate of drug-likeness (QED) is 0.843. The van der Waals surface area contributed by atoms with Crippen LogP contribution in [0.1, 0.15) is 13.3 Å². The summed E-state index contributed by atoms with van der Waals surface area (Å²) in [4.78, 5) is 18.8. The molecule has 0 fully saturated rings. The predicted octanol–water partition coefficient (Wildman–Crippen LogP) is 2.05. The highest BCUT2D eigenvalue weighted by Crippen LogP contribution is 2.14. The number of anilines is 1. The van der Waals surface area contributed by atoms with Crippen LogP contribution >= 0.6 is 0 Å². The van der Waals surface area contributed by atoms with Crippen molar-refractivity contribution in [1.82, 2.24) is 9.97 Å². The summed E-state index contributed by atoms with van der Waals surface area (Å²) < 4.78 is 0. The van der Waals surface area contributed by atoms with Gasteiger partial charge >= 0.3 is 0 Å². The van der Waals surface area contributed by atoms with Gasteiger partial charge in [-0.05, 0) is 18.6 Å². The van der Waals surface area contributed by atoms with Crippen LogP contribution in [0.5, 0.6) is 0 Å². The van der Waals surface area contributed by atoms with Gasteiger partial charge in [0, 0.05) is 0 Å². The number of benzene rings is 1. The Labute approximate surface area is 98.5 Å². The van der Waals surface area contributed by atoms with Gasteiger partial charge in [-0.15, -0.1) is 0 Å². The Bertz CT molecular complexity index is 548. The number of aromatic nitrogens is 2. The Morgan fingerprint density at radius 1 is 1.59 bits per heavy atom. The Balaban J connectivity index is 2.19. The third kappa shape index (κ3) is 2.26. The van der Waals surface area contributed by atoms with Crippen molar-refractivity contribution in [3.05, 3.63) is 24.3 Å². The second-order valence-corrected chi connectivity index (χ2v) is 3.68. The third-order valence-electron chi connectivity index (χ3n) is 2.51. The summed E-state index contributed by atoms with van der Waals surface area (Å²) >= 11 is 0. The van der Waals surface area contributed by atoms with Crippen molar-refractivity contribution in [3.63, 3.8) is 0 Å². The molecule has 2 aromatic rings. The van der Waals surface area contributed by atoms with Crippen LogP contribution in [0.3, 0.4) is 0 Å². The first-order valence-corrected chi connectivity index (χ1v) is 5.40. The molecule has 1 aromatic carbocycles. The first kappa shape index (κ1) is 11.1. The van der Waals surface area contributed by atoms with Crippen molar-refractivity contribution >= 4 is 22.9 Å². The van der Waals surface area contributed by atoms with E-state index in [1.54, 1.807) is 6.92 Å². The summed E-state index contributed by atoms with van der Waals surface area (Å²) in [5, 5.41) is 11.4. The lowest BCUT2D eigenvalue weighted by Crippen LogP contribution is -2.21. The van der Waals surface area contributed by atoms with E-state index in [0.717, 1.165) is 11.0 Å². The van der Waals surface area contributed by atoms with Crippen molar-refractivity contribution in [3.8, 4) is 6.07 Å². The SMILES string of the molecule is CCC(C#N)C(=O)Nc1nc2ccccc2[nH]1. The smallest absolute Gasteiger partial charge is 0.244 e. The maximum absolute atomic E-state index is 11.7. The van der Waals surface area contributed by atoms with E-state index < -0.39 is 5.92 Å². The van der Waals surface area contributed by atoms with Crippen LogP contribution in [-0.4, -0.2) is 15.9 Å². The molecule has 0 saturated heterocycles. The minimum absolute atomic E-state index is 0.325. The number of fused-ring (bicyclic) bond motifs is 1. The van der Waals surface area contributed by atoms with Gasteiger partial charge in [-0.3, -0.25) is 10.1 Å². The zero-order valence-corrected chi connectivity index (χ0v) is 9.40. The number of para-hydroxylation sites is 2. The fourth-order valence-corrected chi connectivity index (χ4v) is 1.55. The number of nitriles is 1. The minimum atomic E-state index is -0.636. The summed E-state index contributed by atoms with van der Waals surface area (Å²) in [6, 6.07) is 9.44. The molecule has 0 radical (unpaired) electrons. The summed E-state index contributed by atoms with van der Waals surface area (Å²) in [7, 11) is 0. The van der Waals surface area contributed by atoms with Gasteiger partial charge in [-0.2, -0.15) is 5.26 Å². The van der Waals surface area contributed by atoms with Crippen molar-refractivity contribution in [2.45, 2.75) is 13.3 Å². The van der Waals surface area contributed by atoms with Crippen LogP contribution in [0.4, 0.5) is 5.95 Å². The Hall–Kier alpha value is -2.35. The number of amides is 1. The molecular formula is C12H12N4O. The lowest BCUT2D eigenvalue weighted by Gasteiger charge is -2.04. The maximum atomic E-state index is 11.7. The minimum Gasteiger partial charge on any atom is -0.324 e. The van der Waals surface area contributed by atoms with E-state index in [9.17, 15) is 4.79 Å². The number of carbonyl (C=O) groups excluding carboxylic acids is 1. The van der Waals surface area contributed by atoms with Crippen LogP contribution in [0.2, 0.25) is 0 Å². The van der Waals surface area contributed by atoms with Crippen LogP contribution in [-0.2, 0) is 4.79 Å². The van der Waals surface area contributed by atoms with E-state index in [2.05, 4.69) is 15.3 Å². The fourth-order valence-electron chi connectivity index (χ4n) is 1.55. The van der Waals surface area contributed by atoms with Crippen molar-refractivity contribution in [2.24, 2.45) is 5.92 Å². The Kier molecular flexibility index (Phi) is 3.06. The van der Waals surface area contributed by atoms with Crippen molar-refractivity contribution < 1.29 is 4.79 Å². The number of rotatable bonds is 3. The second kappa shape index (κ2) is 4.66. The van der Waals surface area contributed by atoms with Crippen molar-refractivity contribution in [1.29, 1.82) is 5.26 Å². The zero-order chi connectivity index (χ0) is 12.3. The number of nitrogens with zero attached hydrogens (tertiary/aromatic N) is 2. The summed E-state index contributed by atoms with van der Waals surface area (Å²) in [5.41, 5.74) is 1.64. The van der Waals surface area contributed by atoms with E-state index in [-0.39, 0.29) is 5.91 Å². The Morgan fingerprint density at radius 2 is 2.35 bits per heavy atom. The molecule has 0 bridgehead atoms. The van der Waals surface area contributed by atoms with E-state index in [4.69, 9.17) is 5.26 Å². The molecule has 0 aliphatic rings. The molecule has 1 atom stereocenters. The second-order valence-electron chi connectivity index (χ2n) is 3.68. The first-order valence-electron chi connectivity index (χ1n) is 5.40. The van der Waals surface area contributed by atoms with Gasteiger partial charge in [-0.1, -0.05) is 19.1 Å². The number of aromatic amines is 1. The van der Waals surface area contributed by atoms with Crippen LogP contribution in [0, 0.1) is 17.2 Å². The van der Waals surface area contributed by atoms with Gasteiger partial charge in [-0.25, -0.2) is 4.98 Å². The molecule has 2 N–H and O–H groups in total. The molecule has 1 aromatic heterocycles. The number of carbonyl (C=O) groups is 1. The van der Waals surface area contributed by atoms with Crippen LogP contribution < -0.4 is 5.32 Å². The first-order chi connectivity index (χ1) is 8.24. The Morgan fingerprint density at radius 3 is 3.00 bits per heavy atom. The number of hydrogen-bond donors (Lipinski definition) is 2. The van der Waals surface area contributed by atoms with Gasteiger partial charge < -0.3 is 4.98 Å². The zero-order valence-electron chi connectivity index (χ0n) is 9.40. The molecule has 0 aliphatic heterocycles. The molecule has 1 unspecified atom stereocenters. The molecule has 0 aliphatic carbocycles. The van der Waals surface area contributed by atoms with E-state index in [1.807, 2.05) is 30.3 Å². The highest BCUT2D eigenvalue weighted by molar-refractivity contribution is 5.94. The lowest BCUT2D eigenvalue weighted by molar-refractivity contribution is -0.118. The van der Waals surface area contributed by atoms with Gasteiger partial charge in [0.15, 0.2) is 0 Å². The molecule has 0 spiro atoms. The number of imidazole rings is 1. The highest BCUT2D eigenvalue weighted by Gasteiger charge is 2.16. The molecule has 5 nitrogen and oxygen atoms in total. The van der Waals surface area contributed by atoms with E-state index in [0.29, 0.717) is 12.4 Å². The fraction of sp³-hybridized carbons (Fsp3) is 0.250. The molecule has 17 heavy (non-hydrogen) atoms. The van der Waals surface area contributed by atoms with Gasteiger partial charge in [0.1, 0.15) is 5.92 Å². The molecule has 86 valence electrons. The third-order valence-corrected chi connectivity index (χ3v) is 2.51. The summed E-state index contributed by atoms with van der Waals surface area (Å²) in [5.74, 6) is -0.581. The normalized spacial score (nSPS) is 12.0. The van der Waals surface area contributed by atoms with Gasteiger partial charge in [0.2, 0.25) is 11.9 Å². The summed E-state index contributed by atoms with van der Waals surface area (Å²) in [6.45, 7) is 1.80. The maximum Gasteiger partial charge on any atom is 0.244 e. The lowest BCUT2D eigenvalue weighted by atomic mass is 10.1. The van der Waals surface area contributed by atoms with Crippen molar-refractivity contribution in [2.75, 3.05) is 5.32 Å². The average Bonchev–Trinajstić information content (AvgIpc) is 2.72. The summed E-state index contributed by atoms with van der Waals surface area (Å²) in [6.07, 6.45) is 0.489. The number of hydrogen-bond acceptors (Lipinski definition) is 3. The predicted molar refractivity (Wildman–Crippen MR) is 64.1 cm³/mol. The molecule has 0 saturated carbocycles. The van der Waals surface area contributed by atoms with Gasteiger partial charge in [0.25, 0.3) is 0 Å². The van der Waals surface area contributed by atoms with Crippen LogP contribution in [0.25, 0.3) is 11.0 Å². The monoisotopic (exact) mass is 228 g/mol. The highest BCUT2D eigenvalue weighted by atomic mass is 16.2. The standard InChI is InChI=1S/C12H12N4O/c1-2-8(7-13)11(17)16-12-14-9-5-3-4-6-10(9)15-12/h3-6,8H,2H2,1H3,(H2,14,15,16,17). The molecular weight excluding hydrogens is 216 g/mol.